The van der Waals surface area contributed by atoms with E-state index in [2.05, 4.69) is 34.3 Å². The number of halogens is 1. The van der Waals surface area contributed by atoms with E-state index in [1.54, 1.807) is 11.3 Å². The summed E-state index contributed by atoms with van der Waals surface area (Å²) in [5.74, 6) is 0.844. The number of hydrogen-bond acceptors (Lipinski definition) is 3. The molecule has 2 nitrogen and oxygen atoms in total. The fraction of sp³-hybridized carbons (Fsp3) is 0.231. The smallest absolute Gasteiger partial charge is 0.145 e. The van der Waals surface area contributed by atoms with Crippen molar-refractivity contribution in [3.05, 3.63) is 50.6 Å². The van der Waals surface area contributed by atoms with E-state index in [9.17, 15) is 0 Å². The van der Waals surface area contributed by atoms with Crippen LogP contribution in [0.5, 0.6) is 5.75 Å². The van der Waals surface area contributed by atoms with E-state index in [4.69, 9.17) is 10.5 Å². The molecular formula is C13H14BrNOS. The summed E-state index contributed by atoms with van der Waals surface area (Å²) in [6, 6.07) is 9.90. The summed E-state index contributed by atoms with van der Waals surface area (Å²) in [7, 11) is 0. The van der Waals surface area contributed by atoms with Gasteiger partial charge in [0, 0.05) is 15.9 Å². The third-order valence-corrected chi connectivity index (χ3v) is 4.14. The molecule has 0 fully saturated rings. The van der Waals surface area contributed by atoms with Crippen molar-refractivity contribution in [1.29, 1.82) is 0 Å². The standard InChI is InChI=1S/C13H14BrNOS/c1-9-6-7-17-13(9)12(8-15)16-11-4-2-10(14)3-5-11/h2-7,12H,8,15H2,1H3. The number of benzene rings is 1. The first-order valence-electron chi connectivity index (χ1n) is 5.37. The lowest BCUT2D eigenvalue weighted by Gasteiger charge is -2.17. The Hall–Kier alpha value is -0.840. The molecule has 1 unspecified atom stereocenters. The van der Waals surface area contributed by atoms with Crippen molar-refractivity contribution in [2.75, 3.05) is 6.54 Å². The molecule has 0 saturated heterocycles. The fourth-order valence-electron chi connectivity index (χ4n) is 1.60. The van der Waals surface area contributed by atoms with Crippen LogP contribution in [0, 0.1) is 6.92 Å². The maximum absolute atomic E-state index is 5.91. The van der Waals surface area contributed by atoms with Crippen molar-refractivity contribution in [2.24, 2.45) is 5.73 Å². The van der Waals surface area contributed by atoms with Gasteiger partial charge in [0.05, 0.1) is 0 Å². The quantitative estimate of drug-likeness (QED) is 0.929. The van der Waals surface area contributed by atoms with Gasteiger partial charge in [0.25, 0.3) is 0 Å². The zero-order chi connectivity index (χ0) is 12.3. The highest BCUT2D eigenvalue weighted by Crippen LogP contribution is 2.28. The monoisotopic (exact) mass is 311 g/mol. The highest BCUT2D eigenvalue weighted by Gasteiger charge is 2.15. The summed E-state index contributed by atoms with van der Waals surface area (Å²) in [4.78, 5) is 1.20. The van der Waals surface area contributed by atoms with Gasteiger partial charge in [-0.05, 0) is 48.2 Å². The molecule has 90 valence electrons. The molecule has 1 aromatic carbocycles. The van der Waals surface area contributed by atoms with E-state index in [0.717, 1.165) is 10.2 Å². The number of aryl methyl sites for hydroxylation is 1. The Morgan fingerprint density at radius 2 is 2.00 bits per heavy atom. The molecule has 1 atom stereocenters. The molecule has 1 aromatic heterocycles. The first kappa shape index (κ1) is 12.6. The minimum absolute atomic E-state index is 0.0591. The second kappa shape index (κ2) is 5.67. The van der Waals surface area contributed by atoms with Gasteiger partial charge in [-0.3, -0.25) is 0 Å². The third kappa shape index (κ3) is 3.09. The number of ether oxygens (including phenoxy) is 1. The Morgan fingerprint density at radius 3 is 2.53 bits per heavy atom. The second-order valence-corrected chi connectivity index (χ2v) is 5.63. The molecule has 0 aliphatic rings. The summed E-state index contributed by atoms with van der Waals surface area (Å²) in [5, 5.41) is 2.07. The summed E-state index contributed by atoms with van der Waals surface area (Å²) in [6.45, 7) is 2.57. The van der Waals surface area contributed by atoms with E-state index in [-0.39, 0.29) is 6.10 Å². The van der Waals surface area contributed by atoms with Crippen LogP contribution in [0.25, 0.3) is 0 Å². The molecule has 0 saturated carbocycles. The molecule has 2 N–H and O–H groups in total. The van der Waals surface area contributed by atoms with E-state index >= 15 is 0 Å². The average molecular weight is 312 g/mol. The molecule has 0 spiro atoms. The van der Waals surface area contributed by atoms with E-state index in [1.165, 1.54) is 10.4 Å². The molecule has 2 rings (SSSR count). The van der Waals surface area contributed by atoms with Crippen molar-refractivity contribution in [2.45, 2.75) is 13.0 Å². The lowest BCUT2D eigenvalue weighted by molar-refractivity contribution is 0.217. The average Bonchev–Trinajstić information content (AvgIpc) is 2.75. The minimum atomic E-state index is -0.0591. The predicted molar refractivity (Wildman–Crippen MR) is 75.6 cm³/mol. The zero-order valence-corrected chi connectivity index (χ0v) is 11.9. The molecule has 17 heavy (non-hydrogen) atoms. The van der Waals surface area contributed by atoms with Gasteiger partial charge in [-0.15, -0.1) is 11.3 Å². The van der Waals surface area contributed by atoms with Gasteiger partial charge in [-0.25, -0.2) is 0 Å². The lowest BCUT2D eigenvalue weighted by atomic mass is 10.2. The third-order valence-electron chi connectivity index (χ3n) is 2.50. The minimum Gasteiger partial charge on any atom is -0.484 e. The van der Waals surface area contributed by atoms with Crippen molar-refractivity contribution in [3.63, 3.8) is 0 Å². The topological polar surface area (TPSA) is 35.2 Å². The lowest BCUT2D eigenvalue weighted by Crippen LogP contribution is -2.18. The van der Waals surface area contributed by atoms with E-state index in [0.29, 0.717) is 6.54 Å². The highest BCUT2D eigenvalue weighted by atomic mass is 79.9. The number of rotatable bonds is 4. The number of hydrogen-bond donors (Lipinski definition) is 1. The number of thiophene rings is 1. The summed E-state index contributed by atoms with van der Waals surface area (Å²) < 4.78 is 6.95. The van der Waals surface area contributed by atoms with Crippen LogP contribution in [0.4, 0.5) is 0 Å². The van der Waals surface area contributed by atoms with Crippen LogP contribution in [-0.2, 0) is 0 Å². The normalized spacial score (nSPS) is 12.4. The molecule has 2 aromatic rings. The summed E-state index contributed by atoms with van der Waals surface area (Å²) >= 11 is 5.09. The zero-order valence-electron chi connectivity index (χ0n) is 9.52. The van der Waals surface area contributed by atoms with Crippen LogP contribution in [0.1, 0.15) is 16.5 Å². The fourth-order valence-corrected chi connectivity index (χ4v) is 2.83. The van der Waals surface area contributed by atoms with E-state index < -0.39 is 0 Å². The molecular weight excluding hydrogens is 298 g/mol. The van der Waals surface area contributed by atoms with Gasteiger partial charge in [-0.1, -0.05) is 15.9 Å². The van der Waals surface area contributed by atoms with Crippen LogP contribution in [0.15, 0.2) is 40.2 Å². The van der Waals surface area contributed by atoms with Crippen LogP contribution in [0.3, 0.4) is 0 Å². The Labute approximate surface area is 114 Å². The van der Waals surface area contributed by atoms with Crippen molar-refractivity contribution in [3.8, 4) is 5.75 Å². The second-order valence-electron chi connectivity index (χ2n) is 3.76. The Balaban J connectivity index is 2.16. The van der Waals surface area contributed by atoms with Crippen molar-refractivity contribution >= 4 is 27.3 Å². The Bertz CT molecular complexity index is 480. The van der Waals surface area contributed by atoms with Gasteiger partial charge < -0.3 is 10.5 Å². The van der Waals surface area contributed by atoms with Gasteiger partial charge in [0.2, 0.25) is 0 Å². The van der Waals surface area contributed by atoms with Gasteiger partial charge >= 0.3 is 0 Å². The molecule has 0 aliphatic heterocycles. The van der Waals surface area contributed by atoms with Crippen LogP contribution >= 0.6 is 27.3 Å². The maximum atomic E-state index is 5.91. The SMILES string of the molecule is Cc1ccsc1C(CN)Oc1ccc(Br)cc1. The molecule has 0 bridgehead atoms. The van der Waals surface area contributed by atoms with E-state index in [1.807, 2.05) is 24.3 Å². The molecule has 0 amide bonds. The van der Waals surface area contributed by atoms with Crippen LogP contribution < -0.4 is 10.5 Å². The predicted octanol–water partition coefficient (Wildman–Crippen LogP) is 3.90. The molecule has 1 heterocycles. The molecule has 0 aliphatic carbocycles. The van der Waals surface area contributed by atoms with Gasteiger partial charge in [0.15, 0.2) is 0 Å². The summed E-state index contributed by atoms with van der Waals surface area (Å²) in [5.41, 5.74) is 7.02. The largest absolute Gasteiger partial charge is 0.484 e. The summed E-state index contributed by atoms with van der Waals surface area (Å²) in [6.07, 6.45) is -0.0591. The van der Waals surface area contributed by atoms with Crippen LogP contribution in [-0.4, -0.2) is 6.54 Å². The first-order valence-corrected chi connectivity index (χ1v) is 7.04. The van der Waals surface area contributed by atoms with Crippen molar-refractivity contribution < 1.29 is 4.74 Å². The highest BCUT2D eigenvalue weighted by molar-refractivity contribution is 9.10. The van der Waals surface area contributed by atoms with Crippen molar-refractivity contribution in [1.82, 2.24) is 0 Å². The number of nitrogens with two attached hydrogens (primary N) is 1. The molecule has 4 heteroatoms. The Morgan fingerprint density at radius 1 is 1.29 bits per heavy atom. The van der Waals surface area contributed by atoms with Gasteiger partial charge in [0.1, 0.15) is 11.9 Å². The first-order chi connectivity index (χ1) is 8.20. The molecule has 0 radical (unpaired) electrons. The van der Waals surface area contributed by atoms with Gasteiger partial charge in [-0.2, -0.15) is 0 Å². The maximum Gasteiger partial charge on any atom is 0.145 e. The Kier molecular flexibility index (Phi) is 4.20. The van der Waals surface area contributed by atoms with Crippen LogP contribution in [0.2, 0.25) is 0 Å².